The zero-order valence-electron chi connectivity index (χ0n) is 12.5. The van der Waals surface area contributed by atoms with E-state index in [1.807, 2.05) is 19.9 Å². The van der Waals surface area contributed by atoms with Crippen molar-refractivity contribution < 1.29 is 9.90 Å². The molecule has 0 bridgehead atoms. The van der Waals surface area contributed by atoms with Crippen LogP contribution in [0, 0.1) is 11.3 Å². The quantitative estimate of drug-likeness (QED) is 0.915. The molecular formula is C15H23N3O2. The molecule has 1 unspecified atom stereocenters. The van der Waals surface area contributed by atoms with E-state index in [1.165, 1.54) is 0 Å². The number of hydrogen-bond acceptors (Lipinski definition) is 4. The average molecular weight is 277 g/mol. The van der Waals surface area contributed by atoms with E-state index in [9.17, 15) is 9.90 Å². The van der Waals surface area contributed by atoms with Crippen LogP contribution in [0.5, 0.6) is 0 Å². The summed E-state index contributed by atoms with van der Waals surface area (Å²) in [6, 6.07) is 2.01. The van der Waals surface area contributed by atoms with Gasteiger partial charge in [-0.3, -0.25) is 4.79 Å². The van der Waals surface area contributed by atoms with E-state index in [2.05, 4.69) is 21.8 Å². The Bertz CT molecular complexity index is 488. The monoisotopic (exact) mass is 277 g/mol. The summed E-state index contributed by atoms with van der Waals surface area (Å²) in [5, 5.41) is 9.39. The van der Waals surface area contributed by atoms with E-state index < -0.39 is 11.4 Å². The van der Waals surface area contributed by atoms with Gasteiger partial charge in [0, 0.05) is 24.8 Å². The molecule has 0 radical (unpaired) electrons. The van der Waals surface area contributed by atoms with Crippen LogP contribution in [0.2, 0.25) is 0 Å². The molecule has 1 saturated heterocycles. The van der Waals surface area contributed by atoms with Crippen LogP contribution in [0.4, 0.5) is 5.82 Å². The number of rotatable bonds is 4. The van der Waals surface area contributed by atoms with Gasteiger partial charge in [-0.25, -0.2) is 9.97 Å². The minimum Gasteiger partial charge on any atom is -0.481 e. The third kappa shape index (κ3) is 2.92. The van der Waals surface area contributed by atoms with Gasteiger partial charge < -0.3 is 10.0 Å². The molecule has 20 heavy (non-hydrogen) atoms. The van der Waals surface area contributed by atoms with Crippen LogP contribution in [-0.2, 0) is 11.2 Å². The Labute approximate surface area is 120 Å². The lowest BCUT2D eigenvalue weighted by atomic mass is 9.74. The zero-order chi connectivity index (χ0) is 14.8. The number of piperidine rings is 1. The van der Waals surface area contributed by atoms with Gasteiger partial charge in [-0.05, 0) is 39.0 Å². The molecule has 0 amide bonds. The lowest BCUT2D eigenvalue weighted by Crippen LogP contribution is -2.45. The number of nitrogens with zero attached hydrogens (tertiary/aromatic N) is 3. The van der Waals surface area contributed by atoms with Crippen LogP contribution in [0.25, 0.3) is 0 Å². The van der Waals surface area contributed by atoms with E-state index >= 15 is 0 Å². The van der Waals surface area contributed by atoms with Crippen molar-refractivity contribution in [1.29, 1.82) is 0 Å². The first kappa shape index (κ1) is 14.8. The zero-order valence-corrected chi connectivity index (χ0v) is 12.5. The standard InChI is InChI=1S/C15H23N3O2/c1-4-12-8-13(17-10-16-12)18-7-5-6-11(9-18)15(2,3)14(19)20/h8,10-11H,4-7,9H2,1-3H3,(H,19,20). The molecule has 110 valence electrons. The fourth-order valence-corrected chi connectivity index (χ4v) is 2.70. The van der Waals surface area contributed by atoms with Gasteiger partial charge in [-0.15, -0.1) is 0 Å². The molecule has 1 aliphatic rings. The molecule has 5 nitrogen and oxygen atoms in total. The second-order valence-corrected chi connectivity index (χ2v) is 6.03. The van der Waals surface area contributed by atoms with E-state index in [-0.39, 0.29) is 5.92 Å². The lowest BCUT2D eigenvalue weighted by molar-refractivity contribution is -0.150. The Balaban J connectivity index is 2.16. The van der Waals surface area contributed by atoms with E-state index in [0.29, 0.717) is 0 Å². The molecule has 1 aliphatic heterocycles. The second kappa shape index (κ2) is 5.77. The highest BCUT2D eigenvalue weighted by Gasteiger charge is 2.39. The minimum absolute atomic E-state index is 0.147. The molecule has 2 heterocycles. The summed E-state index contributed by atoms with van der Waals surface area (Å²) in [7, 11) is 0. The highest BCUT2D eigenvalue weighted by molar-refractivity contribution is 5.74. The van der Waals surface area contributed by atoms with Crippen LogP contribution in [0.3, 0.4) is 0 Å². The predicted molar refractivity (Wildman–Crippen MR) is 77.8 cm³/mol. The van der Waals surface area contributed by atoms with Crippen LogP contribution in [-0.4, -0.2) is 34.1 Å². The van der Waals surface area contributed by atoms with Crippen LogP contribution >= 0.6 is 0 Å². The van der Waals surface area contributed by atoms with E-state index in [1.54, 1.807) is 6.33 Å². The number of aromatic nitrogens is 2. The maximum atomic E-state index is 11.4. The van der Waals surface area contributed by atoms with Crippen molar-refractivity contribution in [1.82, 2.24) is 9.97 Å². The molecule has 1 fully saturated rings. The summed E-state index contributed by atoms with van der Waals surface area (Å²) in [5.41, 5.74) is 0.328. The molecule has 1 N–H and O–H groups in total. The molecule has 0 aromatic carbocycles. The van der Waals surface area contributed by atoms with Gasteiger partial charge in [0.05, 0.1) is 5.41 Å². The van der Waals surface area contributed by atoms with Crippen LogP contribution < -0.4 is 4.90 Å². The van der Waals surface area contributed by atoms with Crippen molar-refractivity contribution in [2.75, 3.05) is 18.0 Å². The summed E-state index contributed by atoms with van der Waals surface area (Å²) in [4.78, 5) is 22.2. The van der Waals surface area contributed by atoms with Crippen molar-refractivity contribution >= 4 is 11.8 Å². The Kier molecular flexibility index (Phi) is 4.26. The number of carbonyl (C=O) groups is 1. The first-order chi connectivity index (χ1) is 9.45. The summed E-state index contributed by atoms with van der Waals surface area (Å²) in [6.07, 6.45) is 4.45. The Morgan fingerprint density at radius 3 is 2.90 bits per heavy atom. The third-order valence-corrected chi connectivity index (χ3v) is 4.39. The second-order valence-electron chi connectivity index (χ2n) is 6.03. The number of aliphatic carboxylic acids is 1. The molecular weight excluding hydrogens is 254 g/mol. The van der Waals surface area contributed by atoms with Gasteiger partial charge in [0.25, 0.3) is 0 Å². The number of anilines is 1. The smallest absolute Gasteiger partial charge is 0.309 e. The summed E-state index contributed by atoms with van der Waals surface area (Å²) >= 11 is 0. The molecule has 2 rings (SSSR count). The molecule has 0 spiro atoms. The van der Waals surface area contributed by atoms with Crippen molar-refractivity contribution in [3.8, 4) is 0 Å². The normalized spacial score (nSPS) is 19.9. The number of aryl methyl sites for hydroxylation is 1. The van der Waals surface area contributed by atoms with Crippen LogP contribution in [0.1, 0.15) is 39.3 Å². The molecule has 5 heteroatoms. The maximum Gasteiger partial charge on any atom is 0.309 e. The predicted octanol–water partition coefficient (Wildman–Crippen LogP) is 2.37. The Morgan fingerprint density at radius 1 is 1.50 bits per heavy atom. The topological polar surface area (TPSA) is 66.3 Å². The molecule has 0 saturated carbocycles. The fourth-order valence-electron chi connectivity index (χ4n) is 2.70. The van der Waals surface area contributed by atoms with E-state index in [4.69, 9.17) is 0 Å². The summed E-state index contributed by atoms with van der Waals surface area (Å²) in [6.45, 7) is 7.40. The Morgan fingerprint density at radius 2 is 2.25 bits per heavy atom. The first-order valence-electron chi connectivity index (χ1n) is 7.24. The van der Waals surface area contributed by atoms with Gasteiger partial charge >= 0.3 is 5.97 Å². The van der Waals surface area contributed by atoms with Gasteiger partial charge in [-0.1, -0.05) is 6.92 Å². The highest BCUT2D eigenvalue weighted by Crippen LogP contribution is 2.35. The van der Waals surface area contributed by atoms with Crippen molar-refractivity contribution in [2.24, 2.45) is 11.3 Å². The van der Waals surface area contributed by atoms with Crippen LogP contribution in [0.15, 0.2) is 12.4 Å². The maximum absolute atomic E-state index is 11.4. The number of hydrogen-bond donors (Lipinski definition) is 1. The minimum atomic E-state index is -0.721. The lowest BCUT2D eigenvalue weighted by Gasteiger charge is -2.39. The van der Waals surface area contributed by atoms with Gasteiger partial charge in [0.1, 0.15) is 12.1 Å². The van der Waals surface area contributed by atoms with Crippen molar-refractivity contribution in [3.05, 3.63) is 18.1 Å². The molecule has 1 atom stereocenters. The summed E-state index contributed by atoms with van der Waals surface area (Å²) < 4.78 is 0. The number of carboxylic acid groups (broad SMARTS) is 1. The molecule has 1 aromatic heterocycles. The molecule has 1 aromatic rings. The van der Waals surface area contributed by atoms with Crippen molar-refractivity contribution in [2.45, 2.75) is 40.0 Å². The highest BCUT2D eigenvalue weighted by atomic mass is 16.4. The largest absolute Gasteiger partial charge is 0.481 e. The number of carboxylic acids is 1. The fraction of sp³-hybridized carbons (Fsp3) is 0.667. The average Bonchev–Trinajstić information content (AvgIpc) is 2.47. The van der Waals surface area contributed by atoms with Gasteiger partial charge in [0.2, 0.25) is 0 Å². The van der Waals surface area contributed by atoms with E-state index in [0.717, 1.165) is 43.9 Å². The van der Waals surface area contributed by atoms with Crippen molar-refractivity contribution in [3.63, 3.8) is 0 Å². The Hall–Kier alpha value is -1.65. The summed E-state index contributed by atoms with van der Waals surface area (Å²) in [5.74, 6) is 0.345. The molecule has 0 aliphatic carbocycles. The van der Waals surface area contributed by atoms with Gasteiger partial charge in [0.15, 0.2) is 0 Å². The third-order valence-electron chi connectivity index (χ3n) is 4.39. The first-order valence-corrected chi connectivity index (χ1v) is 7.24. The van der Waals surface area contributed by atoms with Gasteiger partial charge in [-0.2, -0.15) is 0 Å². The SMILES string of the molecule is CCc1cc(N2CCCC(C(C)(C)C(=O)O)C2)ncn1.